The van der Waals surface area contributed by atoms with Crippen molar-refractivity contribution in [1.82, 2.24) is 5.32 Å². The van der Waals surface area contributed by atoms with E-state index in [4.69, 9.17) is 9.47 Å². The average molecular weight is 366 g/mol. The third-order valence-electron chi connectivity index (χ3n) is 4.55. The molecule has 3 aromatic rings. The zero-order valence-corrected chi connectivity index (χ0v) is 15.4. The summed E-state index contributed by atoms with van der Waals surface area (Å²) in [5.74, 6) is 0.735. The molecule has 27 heavy (non-hydrogen) atoms. The van der Waals surface area contributed by atoms with E-state index in [1.54, 1.807) is 6.07 Å². The van der Waals surface area contributed by atoms with Crippen LogP contribution in [0.15, 0.2) is 54.6 Å². The molecule has 0 aromatic heterocycles. The Kier molecular flexibility index (Phi) is 5.88. The van der Waals surface area contributed by atoms with Gasteiger partial charge in [-0.25, -0.2) is 0 Å². The second kappa shape index (κ2) is 8.51. The van der Waals surface area contributed by atoms with Crippen LogP contribution in [0.5, 0.6) is 11.5 Å². The molecule has 6 nitrogen and oxygen atoms in total. The Hall–Kier alpha value is -3.12. The molecular formula is C21H22N2O4. The largest absolute Gasteiger partial charge is 0.496 e. The van der Waals surface area contributed by atoms with Gasteiger partial charge in [0.1, 0.15) is 5.75 Å². The van der Waals surface area contributed by atoms with Crippen LogP contribution in [0.2, 0.25) is 0 Å². The van der Waals surface area contributed by atoms with Crippen LogP contribution >= 0.6 is 0 Å². The number of hydrogen-bond donors (Lipinski definition) is 1. The number of benzene rings is 3. The fourth-order valence-electron chi connectivity index (χ4n) is 3.18. The van der Waals surface area contributed by atoms with Gasteiger partial charge in [0.2, 0.25) is 0 Å². The SMILES string of the molecule is COc1cc([N+](=O)[O-])c(OC)cc1CCNCc1cccc2ccccc12. The van der Waals surface area contributed by atoms with Crippen molar-refractivity contribution in [3.8, 4) is 11.5 Å². The van der Waals surface area contributed by atoms with E-state index in [9.17, 15) is 10.1 Å². The maximum Gasteiger partial charge on any atom is 0.314 e. The van der Waals surface area contributed by atoms with Gasteiger partial charge < -0.3 is 14.8 Å². The zero-order valence-electron chi connectivity index (χ0n) is 15.4. The van der Waals surface area contributed by atoms with Crippen molar-refractivity contribution >= 4 is 16.5 Å². The molecule has 0 aliphatic rings. The summed E-state index contributed by atoms with van der Waals surface area (Å²) in [6.45, 7) is 1.45. The first-order valence-electron chi connectivity index (χ1n) is 8.70. The Morgan fingerprint density at radius 2 is 1.70 bits per heavy atom. The highest BCUT2D eigenvalue weighted by Crippen LogP contribution is 2.34. The first kappa shape index (κ1) is 18.7. The van der Waals surface area contributed by atoms with Gasteiger partial charge in [-0.05, 0) is 40.9 Å². The fraction of sp³-hybridized carbons (Fsp3) is 0.238. The van der Waals surface area contributed by atoms with Gasteiger partial charge in [-0.2, -0.15) is 0 Å². The van der Waals surface area contributed by atoms with Crippen LogP contribution in [0.4, 0.5) is 5.69 Å². The Balaban J connectivity index is 1.69. The van der Waals surface area contributed by atoms with Crippen LogP contribution in [0.3, 0.4) is 0 Å². The predicted octanol–water partition coefficient (Wildman–Crippen LogP) is 4.10. The molecule has 0 bridgehead atoms. The van der Waals surface area contributed by atoms with Crippen LogP contribution < -0.4 is 14.8 Å². The highest BCUT2D eigenvalue weighted by atomic mass is 16.6. The number of nitrogens with one attached hydrogen (secondary N) is 1. The zero-order chi connectivity index (χ0) is 19.2. The van der Waals surface area contributed by atoms with E-state index < -0.39 is 4.92 Å². The van der Waals surface area contributed by atoms with Crippen LogP contribution in [-0.2, 0) is 13.0 Å². The molecule has 1 N–H and O–H groups in total. The second-order valence-corrected chi connectivity index (χ2v) is 6.16. The Labute approximate surface area is 157 Å². The first-order chi connectivity index (χ1) is 13.1. The van der Waals surface area contributed by atoms with Crippen molar-refractivity contribution in [2.75, 3.05) is 20.8 Å². The molecule has 3 aromatic carbocycles. The van der Waals surface area contributed by atoms with Crippen LogP contribution in [0, 0.1) is 10.1 Å². The molecule has 0 amide bonds. The second-order valence-electron chi connectivity index (χ2n) is 6.16. The smallest absolute Gasteiger partial charge is 0.314 e. The highest BCUT2D eigenvalue weighted by molar-refractivity contribution is 5.85. The minimum absolute atomic E-state index is 0.0955. The van der Waals surface area contributed by atoms with E-state index >= 15 is 0 Å². The number of nitrogens with zero attached hydrogens (tertiary/aromatic N) is 1. The summed E-state index contributed by atoms with van der Waals surface area (Å²) in [5.41, 5.74) is 2.01. The van der Waals surface area contributed by atoms with Crippen molar-refractivity contribution in [2.45, 2.75) is 13.0 Å². The third kappa shape index (κ3) is 4.17. The lowest BCUT2D eigenvalue weighted by atomic mass is 10.0. The van der Waals surface area contributed by atoms with Crippen molar-refractivity contribution in [1.29, 1.82) is 0 Å². The van der Waals surface area contributed by atoms with Crippen LogP contribution in [-0.4, -0.2) is 25.7 Å². The van der Waals surface area contributed by atoms with Crippen molar-refractivity contribution in [3.05, 3.63) is 75.8 Å². The highest BCUT2D eigenvalue weighted by Gasteiger charge is 2.19. The van der Waals surface area contributed by atoms with Crippen LogP contribution in [0.25, 0.3) is 10.8 Å². The molecule has 0 atom stereocenters. The average Bonchev–Trinajstić information content (AvgIpc) is 2.70. The van der Waals surface area contributed by atoms with Gasteiger partial charge in [0.15, 0.2) is 5.75 Å². The lowest BCUT2D eigenvalue weighted by Gasteiger charge is -2.12. The summed E-state index contributed by atoms with van der Waals surface area (Å²) in [7, 11) is 2.94. The number of hydrogen-bond acceptors (Lipinski definition) is 5. The van der Waals surface area contributed by atoms with Gasteiger partial charge in [-0.1, -0.05) is 42.5 Å². The molecule has 0 radical (unpaired) electrons. The summed E-state index contributed by atoms with van der Waals surface area (Å²) < 4.78 is 10.5. The number of fused-ring (bicyclic) bond motifs is 1. The third-order valence-corrected chi connectivity index (χ3v) is 4.55. The minimum Gasteiger partial charge on any atom is -0.496 e. The molecule has 0 aliphatic carbocycles. The molecule has 0 heterocycles. The van der Waals surface area contributed by atoms with E-state index in [0.29, 0.717) is 18.7 Å². The lowest BCUT2D eigenvalue weighted by Crippen LogP contribution is -2.17. The van der Waals surface area contributed by atoms with Gasteiger partial charge in [0.05, 0.1) is 25.2 Å². The number of methoxy groups -OCH3 is 2. The van der Waals surface area contributed by atoms with Crippen molar-refractivity contribution in [3.63, 3.8) is 0 Å². The van der Waals surface area contributed by atoms with Gasteiger partial charge in [0.25, 0.3) is 0 Å². The lowest BCUT2D eigenvalue weighted by molar-refractivity contribution is -0.385. The molecule has 0 saturated heterocycles. The summed E-state index contributed by atoms with van der Waals surface area (Å²) in [6, 6.07) is 17.7. The maximum absolute atomic E-state index is 11.1. The van der Waals surface area contributed by atoms with E-state index in [2.05, 4.69) is 35.6 Å². The fourth-order valence-corrected chi connectivity index (χ4v) is 3.18. The molecule has 6 heteroatoms. The standard InChI is InChI=1S/C21H22N2O4/c1-26-20-13-19(23(24)25)21(27-2)12-16(20)10-11-22-14-17-8-5-7-15-6-3-4-9-18(15)17/h3-9,12-13,22H,10-11,14H2,1-2H3. The molecule has 3 rings (SSSR count). The Bertz CT molecular complexity index is 951. The summed E-state index contributed by atoms with van der Waals surface area (Å²) >= 11 is 0. The van der Waals surface area contributed by atoms with Gasteiger partial charge >= 0.3 is 5.69 Å². The molecule has 0 aliphatic heterocycles. The number of rotatable bonds is 8. The topological polar surface area (TPSA) is 73.6 Å². The van der Waals surface area contributed by atoms with E-state index in [-0.39, 0.29) is 11.4 Å². The molecular weight excluding hydrogens is 344 g/mol. The van der Waals surface area contributed by atoms with Crippen molar-refractivity contribution in [2.24, 2.45) is 0 Å². The number of ether oxygens (including phenoxy) is 2. The van der Waals surface area contributed by atoms with Gasteiger partial charge in [-0.3, -0.25) is 10.1 Å². The Morgan fingerprint density at radius 1 is 0.963 bits per heavy atom. The minimum atomic E-state index is -0.468. The Morgan fingerprint density at radius 3 is 2.44 bits per heavy atom. The molecule has 0 spiro atoms. The quantitative estimate of drug-likeness (QED) is 0.369. The van der Waals surface area contributed by atoms with E-state index in [1.807, 2.05) is 12.1 Å². The van der Waals surface area contributed by atoms with E-state index in [0.717, 1.165) is 12.1 Å². The summed E-state index contributed by atoms with van der Waals surface area (Å²) in [6.07, 6.45) is 0.669. The summed E-state index contributed by atoms with van der Waals surface area (Å²) in [5, 5.41) is 17.0. The summed E-state index contributed by atoms with van der Waals surface area (Å²) in [4.78, 5) is 10.7. The first-order valence-corrected chi connectivity index (χ1v) is 8.70. The van der Waals surface area contributed by atoms with Gasteiger partial charge in [-0.15, -0.1) is 0 Å². The number of nitro benzene ring substituents is 1. The molecule has 0 saturated carbocycles. The van der Waals surface area contributed by atoms with Gasteiger partial charge in [0, 0.05) is 6.54 Å². The predicted molar refractivity (Wildman–Crippen MR) is 106 cm³/mol. The van der Waals surface area contributed by atoms with E-state index in [1.165, 1.54) is 36.6 Å². The number of nitro groups is 1. The maximum atomic E-state index is 11.1. The van der Waals surface area contributed by atoms with Crippen LogP contribution in [0.1, 0.15) is 11.1 Å². The monoisotopic (exact) mass is 366 g/mol. The molecule has 140 valence electrons. The molecule has 0 fully saturated rings. The normalized spacial score (nSPS) is 10.7. The molecule has 0 unspecified atom stereocenters. The van der Waals surface area contributed by atoms with Crippen molar-refractivity contribution < 1.29 is 14.4 Å².